The lowest BCUT2D eigenvalue weighted by Crippen LogP contribution is -2.19. The first-order valence-electron chi connectivity index (χ1n) is 6.36. The molecule has 0 aliphatic carbocycles. The molecule has 104 valence electrons. The molecule has 0 unspecified atom stereocenters. The predicted molar refractivity (Wildman–Crippen MR) is 82.3 cm³/mol. The van der Waals surface area contributed by atoms with E-state index in [1.54, 1.807) is 12.1 Å². The van der Waals surface area contributed by atoms with E-state index in [4.69, 9.17) is 0 Å². The van der Waals surface area contributed by atoms with Crippen molar-refractivity contribution >= 4 is 22.4 Å². The highest BCUT2D eigenvalue weighted by molar-refractivity contribution is 7.85. The topological polar surface area (TPSA) is 46.2 Å². The normalized spacial score (nSPS) is 11.9. The molecule has 0 fully saturated rings. The first-order chi connectivity index (χ1) is 9.54. The highest BCUT2D eigenvalue weighted by Gasteiger charge is 2.10. The largest absolute Gasteiger partial charge is 0.325 e. The number of hydrogen-bond donors (Lipinski definition) is 1. The van der Waals surface area contributed by atoms with E-state index in [9.17, 15) is 9.00 Å². The second-order valence-electron chi connectivity index (χ2n) is 4.72. The molecular formula is C16H17NO2S. The summed E-state index contributed by atoms with van der Waals surface area (Å²) < 4.78 is 12.1. The Kier molecular flexibility index (Phi) is 4.69. The molecule has 1 N–H and O–H groups in total. The third kappa shape index (κ3) is 4.03. The van der Waals surface area contributed by atoms with Gasteiger partial charge in [0.05, 0.1) is 10.8 Å². The van der Waals surface area contributed by atoms with Crippen LogP contribution in [0.4, 0.5) is 5.69 Å². The van der Waals surface area contributed by atoms with Crippen molar-refractivity contribution < 1.29 is 9.00 Å². The fraction of sp³-hybridized carbons (Fsp3) is 0.188. The quantitative estimate of drug-likeness (QED) is 0.939. The zero-order valence-corrected chi connectivity index (χ0v) is 12.4. The molecule has 2 aromatic carbocycles. The summed E-state index contributed by atoms with van der Waals surface area (Å²) in [5, 5.41) is 2.75. The van der Waals surface area contributed by atoms with Gasteiger partial charge in [-0.25, -0.2) is 0 Å². The van der Waals surface area contributed by atoms with Crippen molar-refractivity contribution in [3.05, 3.63) is 59.7 Å². The van der Waals surface area contributed by atoms with Crippen LogP contribution < -0.4 is 5.32 Å². The summed E-state index contributed by atoms with van der Waals surface area (Å²) >= 11 is 0. The molecule has 0 heterocycles. The van der Waals surface area contributed by atoms with Gasteiger partial charge in [0.15, 0.2) is 0 Å². The standard InChI is InChI=1S/C16H17NO2S/c1-12-3-7-14(8-4-12)17-16(18)11-20(19)15-9-5-13(2)6-10-15/h3-10H,11H2,1-2H3,(H,17,18)/t20-/m1/s1. The molecule has 0 saturated heterocycles. The lowest BCUT2D eigenvalue weighted by molar-refractivity contribution is -0.113. The molecule has 0 aliphatic heterocycles. The zero-order chi connectivity index (χ0) is 14.5. The first kappa shape index (κ1) is 14.5. The monoisotopic (exact) mass is 287 g/mol. The molecule has 0 bridgehead atoms. The lowest BCUT2D eigenvalue weighted by Gasteiger charge is -2.06. The van der Waals surface area contributed by atoms with Gasteiger partial charge < -0.3 is 5.32 Å². The molecule has 0 radical (unpaired) electrons. The smallest absolute Gasteiger partial charge is 0.237 e. The molecule has 0 saturated carbocycles. The summed E-state index contributed by atoms with van der Waals surface area (Å²) in [4.78, 5) is 12.5. The molecule has 0 aromatic heterocycles. The fourth-order valence-corrected chi connectivity index (χ4v) is 2.64. The molecule has 1 atom stereocenters. The lowest BCUT2D eigenvalue weighted by atomic mass is 10.2. The molecule has 2 aromatic rings. The number of benzene rings is 2. The summed E-state index contributed by atoms with van der Waals surface area (Å²) in [6.07, 6.45) is 0. The fourth-order valence-electron chi connectivity index (χ4n) is 1.73. The van der Waals surface area contributed by atoms with Gasteiger partial charge in [-0.3, -0.25) is 9.00 Å². The number of carbonyl (C=O) groups is 1. The van der Waals surface area contributed by atoms with Crippen LogP contribution >= 0.6 is 0 Å². The van der Waals surface area contributed by atoms with Crippen molar-refractivity contribution in [1.82, 2.24) is 0 Å². The van der Waals surface area contributed by atoms with Crippen molar-refractivity contribution in [1.29, 1.82) is 0 Å². The SMILES string of the molecule is Cc1ccc(NC(=O)C[S@@](=O)c2ccc(C)cc2)cc1. The van der Waals surface area contributed by atoms with E-state index in [0.29, 0.717) is 4.90 Å². The molecule has 0 aliphatic rings. The van der Waals surface area contributed by atoms with E-state index >= 15 is 0 Å². The van der Waals surface area contributed by atoms with Gasteiger partial charge in [-0.2, -0.15) is 0 Å². The predicted octanol–water partition coefficient (Wildman–Crippen LogP) is 3.05. The van der Waals surface area contributed by atoms with Gasteiger partial charge in [0.1, 0.15) is 5.75 Å². The minimum atomic E-state index is -1.31. The van der Waals surface area contributed by atoms with Gasteiger partial charge in [-0.15, -0.1) is 0 Å². The molecular weight excluding hydrogens is 270 g/mol. The number of carbonyl (C=O) groups excluding carboxylic acids is 1. The maximum Gasteiger partial charge on any atom is 0.237 e. The van der Waals surface area contributed by atoms with Crippen LogP contribution in [0.1, 0.15) is 11.1 Å². The van der Waals surface area contributed by atoms with Crippen molar-refractivity contribution in [3.8, 4) is 0 Å². The molecule has 1 amide bonds. The van der Waals surface area contributed by atoms with Gasteiger partial charge in [0.25, 0.3) is 0 Å². The van der Waals surface area contributed by atoms with Crippen LogP contribution in [0.5, 0.6) is 0 Å². The maximum absolute atomic E-state index is 12.1. The minimum Gasteiger partial charge on any atom is -0.325 e. The number of amides is 1. The van der Waals surface area contributed by atoms with Gasteiger partial charge in [0, 0.05) is 10.6 Å². The highest BCUT2D eigenvalue weighted by Crippen LogP contribution is 2.11. The van der Waals surface area contributed by atoms with E-state index in [1.165, 1.54) is 0 Å². The molecule has 0 spiro atoms. The Morgan fingerprint density at radius 3 is 2.00 bits per heavy atom. The number of nitrogens with one attached hydrogen (secondary N) is 1. The van der Waals surface area contributed by atoms with Crippen molar-refractivity contribution in [2.75, 3.05) is 11.1 Å². The number of rotatable bonds is 4. The summed E-state index contributed by atoms with van der Waals surface area (Å²) in [5.41, 5.74) is 2.96. The van der Waals surface area contributed by atoms with E-state index < -0.39 is 10.8 Å². The second kappa shape index (κ2) is 6.48. The number of aryl methyl sites for hydroxylation is 2. The molecule has 20 heavy (non-hydrogen) atoms. The molecule has 2 rings (SSSR count). The Morgan fingerprint density at radius 2 is 1.45 bits per heavy atom. The van der Waals surface area contributed by atoms with Crippen molar-refractivity contribution in [3.63, 3.8) is 0 Å². The summed E-state index contributed by atoms with van der Waals surface area (Å²) in [5.74, 6) is -0.274. The average Bonchev–Trinajstić information content (AvgIpc) is 2.42. The van der Waals surface area contributed by atoms with Crippen molar-refractivity contribution in [2.24, 2.45) is 0 Å². The Morgan fingerprint density at radius 1 is 0.950 bits per heavy atom. The van der Waals surface area contributed by atoms with Gasteiger partial charge in [0.2, 0.25) is 5.91 Å². The van der Waals surface area contributed by atoms with Crippen molar-refractivity contribution in [2.45, 2.75) is 18.7 Å². The van der Waals surface area contributed by atoms with Crippen LogP contribution in [0.3, 0.4) is 0 Å². The van der Waals surface area contributed by atoms with Crippen LogP contribution in [0.15, 0.2) is 53.4 Å². The highest BCUT2D eigenvalue weighted by atomic mass is 32.2. The Balaban J connectivity index is 1.95. The van der Waals surface area contributed by atoms with E-state index in [1.807, 2.05) is 50.2 Å². The van der Waals surface area contributed by atoms with Gasteiger partial charge in [-0.1, -0.05) is 35.4 Å². The van der Waals surface area contributed by atoms with Gasteiger partial charge >= 0.3 is 0 Å². The number of anilines is 1. The van der Waals surface area contributed by atoms with Gasteiger partial charge in [-0.05, 0) is 38.1 Å². The molecule has 3 nitrogen and oxygen atoms in total. The summed E-state index contributed by atoms with van der Waals surface area (Å²) in [6, 6.07) is 14.9. The zero-order valence-electron chi connectivity index (χ0n) is 11.6. The van der Waals surface area contributed by atoms with E-state index in [2.05, 4.69) is 5.32 Å². The van der Waals surface area contributed by atoms with Crippen LogP contribution in [0.2, 0.25) is 0 Å². The second-order valence-corrected chi connectivity index (χ2v) is 6.17. The summed E-state index contributed by atoms with van der Waals surface area (Å²) in [7, 11) is -1.31. The van der Waals surface area contributed by atoms with Crippen LogP contribution in [0.25, 0.3) is 0 Å². The van der Waals surface area contributed by atoms with E-state index in [0.717, 1.165) is 16.8 Å². The molecule has 4 heteroatoms. The Labute approximate surface area is 121 Å². The minimum absolute atomic E-state index is 0.0308. The van der Waals surface area contributed by atoms with E-state index in [-0.39, 0.29) is 11.7 Å². The Bertz CT molecular complexity index is 618. The third-order valence-corrected chi connectivity index (χ3v) is 4.20. The van der Waals surface area contributed by atoms with Crippen LogP contribution in [-0.2, 0) is 15.6 Å². The van der Waals surface area contributed by atoms with Crippen LogP contribution in [0, 0.1) is 13.8 Å². The first-order valence-corrected chi connectivity index (χ1v) is 7.68. The average molecular weight is 287 g/mol. The third-order valence-electron chi connectivity index (χ3n) is 2.88. The maximum atomic E-state index is 12.1. The Hall–Kier alpha value is -1.94. The van der Waals surface area contributed by atoms with Crippen LogP contribution in [-0.4, -0.2) is 15.9 Å². The summed E-state index contributed by atoms with van der Waals surface area (Å²) in [6.45, 7) is 3.95. The number of hydrogen-bond acceptors (Lipinski definition) is 2.